The molecule has 1 aromatic rings. The zero-order valence-corrected chi connectivity index (χ0v) is 19.5. The first-order valence-electron chi connectivity index (χ1n) is 12.5. The molecule has 0 atom stereocenters. The van der Waals surface area contributed by atoms with Crippen LogP contribution in [0.25, 0.3) is 0 Å². The monoisotopic (exact) mass is 414 g/mol. The zero-order valence-electron chi connectivity index (χ0n) is 19.5. The summed E-state index contributed by atoms with van der Waals surface area (Å²) >= 11 is 0. The molecule has 0 radical (unpaired) electrons. The van der Waals surface area contributed by atoms with Crippen molar-refractivity contribution in [1.82, 2.24) is 19.6 Å². The number of nitrogens with zero attached hydrogens (tertiary/aromatic N) is 4. The summed E-state index contributed by atoms with van der Waals surface area (Å²) in [5, 5.41) is 4.57. The number of likely N-dealkylation sites (tertiary alicyclic amines) is 2. The van der Waals surface area contributed by atoms with E-state index in [1.165, 1.54) is 83.4 Å². The van der Waals surface area contributed by atoms with Crippen molar-refractivity contribution in [3.63, 3.8) is 0 Å². The molecule has 30 heavy (non-hydrogen) atoms. The molecule has 2 saturated heterocycles. The Morgan fingerprint density at radius 1 is 1.10 bits per heavy atom. The Morgan fingerprint density at radius 2 is 1.73 bits per heavy atom. The normalized spacial score (nSPS) is 23.9. The van der Waals surface area contributed by atoms with E-state index >= 15 is 0 Å². The summed E-state index contributed by atoms with van der Waals surface area (Å²) in [4.78, 5) is 17.2. The molecule has 3 fully saturated rings. The predicted octanol–water partition coefficient (Wildman–Crippen LogP) is 4.19. The Balaban J connectivity index is 1.11. The van der Waals surface area contributed by atoms with Crippen LogP contribution >= 0.6 is 0 Å². The lowest BCUT2D eigenvalue weighted by molar-refractivity contribution is -0.132. The highest BCUT2D eigenvalue weighted by Gasteiger charge is 2.47. The van der Waals surface area contributed by atoms with Gasteiger partial charge in [-0.3, -0.25) is 9.48 Å². The van der Waals surface area contributed by atoms with Gasteiger partial charge in [0, 0.05) is 38.2 Å². The van der Waals surface area contributed by atoms with Crippen molar-refractivity contribution in [3.05, 3.63) is 18.0 Å². The van der Waals surface area contributed by atoms with Crippen molar-refractivity contribution < 1.29 is 4.79 Å². The fourth-order valence-electron chi connectivity index (χ4n) is 5.88. The van der Waals surface area contributed by atoms with Crippen LogP contribution in [0.1, 0.15) is 77.2 Å². The molecule has 0 bridgehead atoms. The second kappa shape index (κ2) is 9.52. The van der Waals surface area contributed by atoms with Crippen LogP contribution in [0.15, 0.2) is 12.4 Å². The van der Waals surface area contributed by atoms with Gasteiger partial charge in [0.2, 0.25) is 0 Å². The molecule has 1 aliphatic carbocycles. The van der Waals surface area contributed by atoms with Crippen LogP contribution in [-0.4, -0.2) is 64.6 Å². The third kappa shape index (κ3) is 5.16. The number of piperidine rings is 2. The number of Topliss-reactive ketones (excluding diaryl/α,β-unsaturated/α-hetero) is 1. The minimum atomic E-state index is 0.390. The summed E-state index contributed by atoms with van der Waals surface area (Å²) in [5.41, 5.74) is 1.87. The molecule has 168 valence electrons. The molecule has 0 amide bonds. The SMILES string of the molecule is CCC(=O)C1CC2(CCN(CCN3CCC(Cn4cc(C(C)C)cn4)CC3)CC2)C1. The maximum absolute atomic E-state index is 11.9. The smallest absolute Gasteiger partial charge is 0.135 e. The van der Waals surface area contributed by atoms with Gasteiger partial charge in [0.05, 0.1) is 6.20 Å². The number of hydrogen-bond donors (Lipinski definition) is 0. The highest BCUT2D eigenvalue weighted by atomic mass is 16.1. The average Bonchev–Trinajstić information content (AvgIpc) is 3.20. The maximum Gasteiger partial charge on any atom is 0.135 e. The Hall–Kier alpha value is -1.20. The molecular weight excluding hydrogens is 372 g/mol. The zero-order chi connectivity index (χ0) is 21.1. The van der Waals surface area contributed by atoms with Gasteiger partial charge >= 0.3 is 0 Å². The Bertz CT molecular complexity index is 688. The van der Waals surface area contributed by atoms with E-state index in [0.717, 1.165) is 18.9 Å². The van der Waals surface area contributed by atoms with Crippen molar-refractivity contribution in [1.29, 1.82) is 0 Å². The molecule has 3 heterocycles. The summed E-state index contributed by atoms with van der Waals surface area (Å²) in [6, 6.07) is 0. The van der Waals surface area contributed by atoms with Crippen LogP contribution in [-0.2, 0) is 11.3 Å². The maximum atomic E-state index is 11.9. The average molecular weight is 415 g/mol. The highest BCUT2D eigenvalue weighted by Crippen LogP contribution is 2.53. The van der Waals surface area contributed by atoms with Gasteiger partial charge in [0.15, 0.2) is 0 Å². The number of carbonyl (C=O) groups excluding carboxylic acids is 1. The third-order valence-corrected chi connectivity index (χ3v) is 8.28. The number of carbonyl (C=O) groups is 1. The minimum absolute atomic E-state index is 0.390. The van der Waals surface area contributed by atoms with Gasteiger partial charge in [-0.25, -0.2) is 0 Å². The fourth-order valence-corrected chi connectivity index (χ4v) is 5.88. The first-order chi connectivity index (χ1) is 14.5. The molecule has 5 heteroatoms. The van der Waals surface area contributed by atoms with Gasteiger partial charge in [-0.1, -0.05) is 20.8 Å². The Labute approximate surface area is 183 Å². The van der Waals surface area contributed by atoms with Gasteiger partial charge < -0.3 is 9.80 Å². The quantitative estimate of drug-likeness (QED) is 0.640. The molecule has 5 nitrogen and oxygen atoms in total. The lowest BCUT2D eigenvalue weighted by atomic mass is 9.56. The van der Waals surface area contributed by atoms with Gasteiger partial charge in [0.1, 0.15) is 5.78 Å². The molecule has 1 spiro atoms. The van der Waals surface area contributed by atoms with E-state index in [-0.39, 0.29) is 0 Å². The fraction of sp³-hybridized carbons (Fsp3) is 0.840. The van der Waals surface area contributed by atoms with Crippen molar-refractivity contribution >= 4 is 5.78 Å². The molecule has 2 aliphatic heterocycles. The molecule has 0 unspecified atom stereocenters. The van der Waals surface area contributed by atoms with Gasteiger partial charge in [-0.2, -0.15) is 5.10 Å². The Morgan fingerprint density at radius 3 is 2.30 bits per heavy atom. The molecule has 4 rings (SSSR count). The molecular formula is C25H42N4O. The van der Waals surface area contributed by atoms with Crippen molar-refractivity contribution in [2.75, 3.05) is 39.3 Å². The topological polar surface area (TPSA) is 41.4 Å². The summed E-state index contributed by atoms with van der Waals surface area (Å²) in [5.74, 6) is 2.23. The molecule has 0 aromatic carbocycles. The number of rotatable bonds is 8. The Kier molecular flexibility index (Phi) is 6.98. The first-order valence-corrected chi connectivity index (χ1v) is 12.5. The van der Waals surface area contributed by atoms with Crippen LogP contribution in [0.4, 0.5) is 0 Å². The standard InChI is InChI=1S/C25H42N4O/c1-4-24(30)22-15-25(16-22)7-11-28(12-8-25)14-13-27-9-5-21(6-10-27)18-29-19-23(17-26-29)20(2)3/h17,19-22H,4-16,18H2,1-3H3. The second-order valence-corrected chi connectivity index (χ2v) is 10.7. The van der Waals surface area contributed by atoms with Crippen molar-refractivity contribution in [2.24, 2.45) is 17.3 Å². The number of aromatic nitrogens is 2. The van der Waals surface area contributed by atoms with E-state index in [0.29, 0.717) is 23.0 Å². The second-order valence-electron chi connectivity index (χ2n) is 10.7. The van der Waals surface area contributed by atoms with E-state index in [1.54, 1.807) is 0 Å². The molecule has 1 aromatic heterocycles. The third-order valence-electron chi connectivity index (χ3n) is 8.28. The van der Waals surface area contributed by atoms with Gasteiger partial charge in [-0.15, -0.1) is 0 Å². The van der Waals surface area contributed by atoms with E-state index in [4.69, 9.17) is 0 Å². The molecule has 3 aliphatic rings. The highest BCUT2D eigenvalue weighted by molar-refractivity contribution is 5.81. The lowest BCUT2D eigenvalue weighted by Crippen LogP contribution is -2.50. The summed E-state index contributed by atoms with van der Waals surface area (Å²) in [6.07, 6.45) is 12.6. The van der Waals surface area contributed by atoms with E-state index in [9.17, 15) is 4.79 Å². The molecule has 1 saturated carbocycles. The van der Waals surface area contributed by atoms with E-state index < -0.39 is 0 Å². The lowest BCUT2D eigenvalue weighted by Gasteiger charge is -2.52. The minimum Gasteiger partial charge on any atom is -0.302 e. The van der Waals surface area contributed by atoms with Crippen molar-refractivity contribution in [3.8, 4) is 0 Å². The molecule has 0 N–H and O–H groups in total. The van der Waals surface area contributed by atoms with Crippen molar-refractivity contribution in [2.45, 2.75) is 78.2 Å². The van der Waals surface area contributed by atoms with E-state index in [2.05, 4.69) is 39.6 Å². The van der Waals surface area contributed by atoms with E-state index in [1.807, 2.05) is 13.1 Å². The summed E-state index contributed by atoms with van der Waals surface area (Å²) in [6.45, 7) is 14.9. The van der Waals surface area contributed by atoms with Crippen LogP contribution < -0.4 is 0 Å². The number of ketones is 1. The van der Waals surface area contributed by atoms with Crippen LogP contribution in [0.5, 0.6) is 0 Å². The largest absolute Gasteiger partial charge is 0.302 e. The van der Waals surface area contributed by atoms with Crippen LogP contribution in [0.3, 0.4) is 0 Å². The summed E-state index contributed by atoms with van der Waals surface area (Å²) < 4.78 is 2.16. The van der Waals surface area contributed by atoms with Gasteiger partial charge in [0.25, 0.3) is 0 Å². The summed E-state index contributed by atoms with van der Waals surface area (Å²) in [7, 11) is 0. The first kappa shape index (κ1) is 22.0. The number of hydrogen-bond acceptors (Lipinski definition) is 4. The predicted molar refractivity (Wildman–Crippen MR) is 122 cm³/mol. The van der Waals surface area contributed by atoms with Crippen LogP contribution in [0.2, 0.25) is 0 Å². The van der Waals surface area contributed by atoms with Crippen LogP contribution in [0, 0.1) is 17.3 Å². The van der Waals surface area contributed by atoms with Gasteiger partial charge in [-0.05, 0) is 87.5 Å².